The molecule has 0 radical (unpaired) electrons. The Labute approximate surface area is 246 Å². The lowest BCUT2D eigenvalue weighted by molar-refractivity contribution is -0.903. The Morgan fingerprint density at radius 2 is 1.27 bits per heavy atom. The minimum Gasteiger partial charge on any atom is -0.455 e. The molecule has 0 spiro atoms. The minimum atomic E-state index is -0.538. The molecule has 224 valence electrons. The van der Waals surface area contributed by atoms with E-state index in [9.17, 15) is 4.79 Å². The molecule has 0 amide bonds. The Morgan fingerprint density at radius 3 is 1.85 bits per heavy atom. The number of ether oxygens (including phenoxy) is 2. The fourth-order valence-electron chi connectivity index (χ4n) is 5.19. The number of nitrogens with zero attached hydrogens (tertiary/aromatic N) is 1. The average molecular weight is 553 g/mol. The molecule has 1 atom stereocenters. The Hall–Kier alpha value is -2.33. The zero-order valence-corrected chi connectivity index (χ0v) is 26.2. The van der Waals surface area contributed by atoms with Gasteiger partial charge in [0.15, 0.2) is 0 Å². The summed E-state index contributed by atoms with van der Waals surface area (Å²) in [5, 5.41) is 0. The first-order valence-corrected chi connectivity index (χ1v) is 16.2. The van der Waals surface area contributed by atoms with E-state index in [0.717, 1.165) is 36.2 Å². The highest BCUT2D eigenvalue weighted by molar-refractivity contribution is 5.69. The molecule has 0 bridgehead atoms. The van der Waals surface area contributed by atoms with E-state index in [1.54, 1.807) is 0 Å². The fourth-order valence-corrected chi connectivity index (χ4v) is 5.19. The smallest absolute Gasteiger partial charge is 0.314 e. The third-order valence-corrected chi connectivity index (χ3v) is 7.67. The van der Waals surface area contributed by atoms with Gasteiger partial charge in [-0.1, -0.05) is 127 Å². The molecule has 4 heteroatoms. The molecule has 2 aromatic carbocycles. The summed E-state index contributed by atoms with van der Waals surface area (Å²) in [6.45, 7) is 5.97. The highest BCUT2D eigenvalue weighted by Crippen LogP contribution is 2.19. The lowest BCUT2D eigenvalue weighted by atomic mass is 10.0. The first-order valence-electron chi connectivity index (χ1n) is 16.2. The van der Waals surface area contributed by atoms with Crippen LogP contribution in [-0.4, -0.2) is 37.4 Å². The van der Waals surface area contributed by atoms with Crippen LogP contribution in [0.3, 0.4) is 0 Å². The van der Waals surface area contributed by atoms with Crippen LogP contribution in [0.15, 0.2) is 54.6 Å². The second-order valence-corrected chi connectivity index (χ2v) is 12.2. The van der Waals surface area contributed by atoms with Crippen LogP contribution in [0, 0.1) is 0 Å². The molecule has 0 N–H and O–H groups in total. The maximum atomic E-state index is 12.7. The summed E-state index contributed by atoms with van der Waals surface area (Å²) in [5.74, 6) is 0.575. The summed E-state index contributed by atoms with van der Waals surface area (Å²) in [5.41, 5.74) is 2.62. The minimum absolute atomic E-state index is 0.193. The van der Waals surface area contributed by atoms with Crippen molar-refractivity contribution in [3.8, 4) is 5.75 Å². The van der Waals surface area contributed by atoms with Crippen LogP contribution in [0.5, 0.6) is 5.75 Å². The van der Waals surface area contributed by atoms with Gasteiger partial charge in [0, 0.05) is 12.0 Å². The van der Waals surface area contributed by atoms with Gasteiger partial charge in [0.05, 0.1) is 27.1 Å². The number of rotatable bonds is 23. The van der Waals surface area contributed by atoms with Crippen LogP contribution in [0.25, 0.3) is 0 Å². The van der Waals surface area contributed by atoms with Gasteiger partial charge in [0.2, 0.25) is 6.29 Å². The van der Waals surface area contributed by atoms with Crippen LogP contribution >= 0.6 is 0 Å². The van der Waals surface area contributed by atoms with Crippen LogP contribution in [0.4, 0.5) is 0 Å². The molecule has 2 aromatic rings. The van der Waals surface area contributed by atoms with Crippen molar-refractivity contribution in [1.82, 2.24) is 0 Å². The molecule has 0 heterocycles. The van der Waals surface area contributed by atoms with Gasteiger partial charge in [-0.3, -0.25) is 4.79 Å². The average Bonchev–Trinajstić information content (AvgIpc) is 2.94. The van der Waals surface area contributed by atoms with Crippen molar-refractivity contribution in [3.05, 3.63) is 65.7 Å². The molecule has 0 aromatic heterocycles. The Kier molecular flexibility index (Phi) is 17.4. The van der Waals surface area contributed by atoms with Gasteiger partial charge >= 0.3 is 5.97 Å². The summed E-state index contributed by atoms with van der Waals surface area (Å²) in [6, 6.07) is 18.8. The van der Waals surface area contributed by atoms with E-state index in [0.29, 0.717) is 12.8 Å². The van der Waals surface area contributed by atoms with E-state index >= 15 is 0 Å². The van der Waals surface area contributed by atoms with Gasteiger partial charge in [-0.25, -0.2) is 0 Å². The lowest BCUT2D eigenvalue weighted by Crippen LogP contribution is -2.41. The van der Waals surface area contributed by atoms with Gasteiger partial charge in [0.1, 0.15) is 12.3 Å². The molecule has 1 unspecified atom stereocenters. The predicted molar refractivity (Wildman–Crippen MR) is 168 cm³/mol. The summed E-state index contributed by atoms with van der Waals surface area (Å²) in [4.78, 5) is 12.7. The third kappa shape index (κ3) is 16.1. The van der Waals surface area contributed by atoms with E-state index in [1.807, 2.05) is 18.2 Å². The topological polar surface area (TPSA) is 35.5 Å². The Morgan fingerprint density at radius 1 is 0.700 bits per heavy atom. The first-order chi connectivity index (χ1) is 19.4. The zero-order valence-electron chi connectivity index (χ0n) is 26.2. The zero-order chi connectivity index (χ0) is 28.9. The van der Waals surface area contributed by atoms with E-state index in [4.69, 9.17) is 9.47 Å². The highest BCUT2D eigenvalue weighted by atomic mass is 16.7. The van der Waals surface area contributed by atoms with Crippen molar-refractivity contribution >= 4 is 5.97 Å². The van der Waals surface area contributed by atoms with Gasteiger partial charge in [-0.15, -0.1) is 0 Å². The van der Waals surface area contributed by atoms with Gasteiger partial charge in [-0.2, -0.15) is 0 Å². The SMILES string of the molecule is CCCCCCCCCCCCCCc1ccc(OC(CCC)OC(=O)CC[N+](C)(C)Cc2ccccc2)cc1. The molecule has 0 aliphatic rings. The monoisotopic (exact) mass is 552 g/mol. The number of carbonyl (C=O) groups is 1. The molecule has 0 fully saturated rings. The van der Waals surface area contributed by atoms with E-state index in [1.165, 1.54) is 88.2 Å². The van der Waals surface area contributed by atoms with Gasteiger partial charge in [-0.05, 0) is 37.0 Å². The second-order valence-electron chi connectivity index (χ2n) is 12.2. The highest BCUT2D eigenvalue weighted by Gasteiger charge is 2.21. The molecule has 40 heavy (non-hydrogen) atoms. The van der Waals surface area contributed by atoms with Crippen molar-refractivity contribution < 1.29 is 18.8 Å². The summed E-state index contributed by atoms with van der Waals surface area (Å²) >= 11 is 0. The third-order valence-electron chi connectivity index (χ3n) is 7.67. The van der Waals surface area contributed by atoms with E-state index in [2.05, 4.69) is 64.3 Å². The number of hydrogen-bond donors (Lipinski definition) is 0. The quantitative estimate of drug-likeness (QED) is 0.0596. The van der Waals surface area contributed by atoms with Crippen LogP contribution < -0.4 is 4.74 Å². The largest absolute Gasteiger partial charge is 0.455 e. The van der Waals surface area contributed by atoms with Crippen molar-refractivity contribution in [1.29, 1.82) is 0 Å². The fraction of sp³-hybridized carbons (Fsp3) is 0.639. The number of aryl methyl sites for hydroxylation is 1. The molecule has 0 saturated carbocycles. The second kappa shape index (κ2) is 20.5. The van der Waals surface area contributed by atoms with Crippen molar-refractivity contribution in [2.45, 2.75) is 129 Å². The van der Waals surface area contributed by atoms with Crippen molar-refractivity contribution in [3.63, 3.8) is 0 Å². The maximum absolute atomic E-state index is 12.7. The standard InChI is InChI=1S/C36H58NO3/c1-5-7-8-9-10-11-12-13-14-15-16-18-22-32-25-27-34(28-26-32)39-36(21-6-2)40-35(38)29-30-37(3,4)31-33-23-19-17-20-24-33/h17,19-20,23-28,36H,5-16,18,21-22,29-31H2,1-4H3/q+1. The van der Waals surface area contributed by atoms with Crippen molar-refractivity contribution in [2.24, 2.45) is 0 Å². The normalized spacial score (nSPS) is 12.3. The molecule has 0 aliphatic heterocycles. The molecule has 4 nitrogen and oxygen atoms in total. The summed E-state index contributed by atoms with van der Waals surface area (Å²) < 4.78 is 12.6. The van der Waals surface area contributed by atoms with Crippen molar-refractivity contribution in [2.75, 3.05) is 20.6 Å². The van der Waals surface area contributed by atoms with Crippen LogP contribution in [0.2, 0.25) is 0 Å². The summed E-state index contributed by atoms with van der Waals surface area (Å²) in [6.07, 6.45) is 19.1. The summed E-state index contributed by atoms with van der Waals surface area (Å²) in [7, 11) is 4.30. The molecular weight excluding hydrogens is 494 g/mol. The van der Waals surface area contributed by atoms with Crippen LogP contribution in [0.1, 0.15) is 121 Å². The number of carbonyl (C=O) groups excluding carboxylic acids is 1. The Bertz CT molecular complexity index is 894. The number of esters is 1. The number of hydrogen-bond acceptors (Lipinski definition) is 3. The molecule has 0 aliphatic carbocycles. The van der Waals surface area contributed by atoms with Crippen LogP contribution in [-0.2, 0) is 22.5 Å². The maximum Gasteiger partial charge on any atom is 0.314 e. The molecule has 0 saturated heterocycles. The molecule has 2 rings (SSSR count). The number of unbranched alkanes of at least 4 members (excludes halogenated alkanes) is 11. The first kappa shape index (κ1) is 33.9. The van der Waals surface area contributed by atoms with E-state index in [-0.39, 0.29) is 5.97 Å². The van der Waals surface area contributed by atoms with Gasteiger partial charge < -0.3 is 14.0 Å². The predicted octanol–water partition coefficient (Wildman–Crippen LogP) is 9.65. The lowest BCUT2D eigenvalue weighted by Gasteiger charge is -2.30. The molecular formula is C36H58NO3+. The Balaban J connectivity index is 1.62. The number of quaternary nitrogens is 1. The van der Waals surface area contributed by atoms with E-state index < -0.39 is 6.29 Å². The van der Waals surface area contributed by atoms with Gasteiger partial charge in [0.25, 0.3) is 0 Å². The number of benzene rings is 2.